The normalized spacial score (nSPS) is 13.2. The molecule has 0 atom stereocenters. The molecule has 0 saturated heterocycles. The molecule has 10 aromatic rings. The van der Waals surface area contributed by atoms with Crippen LogP contribution < -0.4 is 0 Å². The molecular weight excluding hydrogens is 673 g/mol. The highest BCUT2D eigenvalue weighted by atomic mass is 16.3. The van der Waals surface area contributed by atoms with Gasteiger partial charge in [0.2, 0.25) is 0 Å². The first-order valence-corrected chi connectivity index (χ1v) is 19.2. The van der Waals surface area contributed by atoms with E-state index in [1.54, 1.807) is 0 Å². The lowest BCUT2D eigenvalue weighted by atomic mass is 9.74. The highest BCUT2D eigenvalue weighted by Gasteiger charge is 2.41. The molecule has 3 heterocycles. The number of aromatic nitrogens is 4. The summed E-state index contributed by atoms with van der Waals surface area (Å²) in [5.74, 6) is 1.90. The van der Waals surface area contributed by atoms with Crippen LogP contribution in [-0.2, 0) is 5.41 Å². The molecule has 0 spiro atoms. The second-order valence-corrected chi connectivity index (χ2v) is 14.6. The molecule has 0 unspecified atom stereocenters. The van der Waals surface area contributed by atoms with Gasteiger partial charge in [-0.3, -0.25) is 0 Å². The van der Waals surface area contributed by atoms with Crippen LogP contribution in [0.1, 0.15) is 37.8 Å². The molecule has 3 aromatic heterocycles. The maximum atomic E-state index is 6.79. The Balaban J connectivity index is 1.21. The number of hydrogen-bond donors (Lipinski definition) is 0. The molecule has 5 heteroatoms. The van der Waals surface area contributed by atoms with E-state index in [9.17, 15) is 0 Å². The van der Waals surface area contributed by atoms with Gasteiger partial charge in [-0.25, -0.2) is 15.0 Å². The van der Waals surface area contributed by atoms with E-state index in [4.69, 9.17) is 19.4 Å². The quantitative estimate of drug-likeness (QED) is 0.173. The molecule has 0 fully saturated rings. The molecule has 7 aromatic carbocycles. The van der Waals surface area contributed by atoms with E-state index in [0.717, 1.165) is 73.6 Å². The zero-order chi connectivity index (χ0) is 36.7. The number of hydrogen-bond acceptors (Lipinski definition) is 4. The number of rotatable bonds is 6. The molecule has 0 amide bonds. The van der Waals surface area contributed by atoms with Crippen molar-refractivity contribution < 1.29 is 4.42 Å². The summed E-state index contributed by atoms with van der Waals surface area (Å²) in [5, 5.41) is 4.59. The summed E-state index contributed by atoms with van der Waals surface area (Å²) in [7, 11) is 0. The number of fused-ring (bicyclic) bond motifs is 10. The van der Waals surface area contributed by atoms with E-state index in [-0.39, 0.29) is 5.41 Å². The van der Waals surface area contributed by atoms with E-state index in [2.05, 4.69) is 109 Å². The van der Waals surface area contributed by atoms with Crippen LogP contribution in [0, 0.1) is 0 Å². The molecule has 5 nitrogen and oxygen atoms in total. The molecule has 262 valence electrons. The third-order valence-corrected chi connectivity index (χ3v) is 11.9. The first-order valence-electron chi connectivity index (χ1n) is 19.2. The SMILES string of the molecule is CCC1(CC)c2ccccc2-c2cc3c4ccc5c6ccccc6oc5c4n(-c4cccc(-c5nc(-c6ccccc6)nc(-c6ccccc6)n5)c4)c3cc21. The molecule has 1 aliphatic carbocycles. The van der Waals surface area contributed by atoms with Crippen molar-refractivity contribution in [3.05, 3.63) is 169 Å². The fraction of sp³-hybridized carbons (Fsp3) is 0.100. The Hall–Kier alpha value is -6.85. The second kappa shape index (κ2) is 12.1. The molecule has 11 rings (SSSR count). The average Bonchev–Trinajstić information content (AvgIpc) is 3.89. The summed E-state index contributed by atoms with van der Waals surface area (Å²) in [6.07, 6.45) is 2.05. The Morgan fingerprint density at radius 3 is 1.84 bits per heavy atom. The monoisotopic (exact) mass is 708 g/mol. The Morgan fingerprint density at radius 2 is 1.11 bits per heavy atom. The van der Waals surface area contributed by atoms with Gasteiger partial charge in [-0.15, -0.1) is 0 Å². The van der Waals surface area contributed by atoms with E-state index in [1.807, 2.05) is 66.7 Å². The summed E-state index contributed by atoms with van der Waals surface area (Å²) in [5.41, 5.74) is 13.2. The van der Waals surface area contributed by atoms with Gasteiger partial charge in [-0.1, -0.05) is 135 Å². The minimum atomic E-state index is -0.0650. The Bertz CT molecular complexity index is 3060. The van der Waals surface area contributed by atoms with Gasteiger partial charge in [-0.2, -0.15) is 0 Å². The van der Waals surface area contributed by atoms with Crippen LogP contribution in [0.3, 0.4) is 0 Å². The fourth-order valence-electron chi connectivity index (χ4n) is 9.22. The summed E-state index contributed by atoms with van der Waals surface area (Å²) in [6.45, 7) is 4.66. The minimum absolute atomic E-state index is 0.0650. The van der Waals surface area contributed by atoms with Crippen LogP contribution in [0.2, 0.25) is 0 Å². The Kier molecular flexibility index (Phi) is 6.96. The molecule has 0 radical (unpaired) electrons. The van der Waals surface area contributed by atoms with Crippen molar-refractivity contribution >= 4 is 43.7 Å². The summed E-state index contributed by atoms with van der Waals surface area (Å²) < 4.78 is 9.20. The molecule has 0 N–H and O–H groups in total. The van der Waals surface area contributed by atoms with Crippen molar-refractivity contribution in [1.82, 2.24) is 19.5 Å². The molecular formula is C50H36N4O. The van der Waals surface area contributed by atoms with Crippen molar-refractivity contribution in [2.24, 2.45) is 0 Å². The third kappa shape index (κ3) is 4.63. The van der Waals surface area contributed by atoms with Crippen molar-refractivity contribution in [1.29, 1.82) is 0 Å². The van der Waals surface area contributed by atoms with Crippen molar-refractivity contribution in [2.45, 2.75) is 32.1 Å². The second-order valence-electron chi connectivity index (χ2n) is 14.6. The number of furan rings is 1. The third-order valence-electron chi connectivity index (χ3n) is 11.9. The first kappa shape index (κ1) is 31.7. The highest BCUT2D eigenvalue weighted by Crippen LogP contribution is 2.54. The maximum absolute atomic E-state index is 6.79. The lowest BCUT2D eigenvalue weighted by Crippen LogP contribution is -2.23. The lowest BCUT2D eigenvalue weighted by molar-refractivity contribution is 0.491. The maximum Gasteiger partial charge on any atom is 0.164 e. The topological polar surface area (TPSA) is 56.7 Å². The van der Waals surface area contributed by atoms with Gasteiger partial charge in [0.05, 0.1) is 11.0 Å². The largest absolute Gasteiger partial charge is 0.454 e. The van der Waals surface area contributed by atoms with Crippen LogP contribution in [0.5, 0.6) is 0 Å². The predicted molar refractivity (Wildman–Crippen MR) is 225 cm³/mol. The zero-order valence-corrected chi connectivity index (χ0v) is 30.6. The lowest BCUT2D eigenvalue weighted by Gasteiger charge is -2.29. The van der Waals surface area contributed by atoms with Gasteiger partial charge in [0, 0.05) is 49.3 Å². The van der Waals surface area contributed by atoms with Gasteiger partial charge in [0.25, 0.3) is 0 Å². The van der Waals surface area contributed by atoms with Gasteiger partial charge in [0.15, 0.2) is 23.1 Å². The Morgan fingerprint density at radius 1 is 0.491 bits per heavy atom. The molecule has 55 heavy (non-hydrogen) atoms. The van der Waals surface area contributed by atoms with E-state index >= 15 is 0 Å². The summed E-state index contributed by atoms with van der Waals surface area (Å²) in [4.78, 5) is 15.1. The average molecular weight is 709 g/mol. The standard InChI is InChI=1S/C50H36N4O/c1-3-50(4-2)41-24-13-11-22-35(41)39-29-40-37-26-27-38-36-23-12-14-25-44(36)55-46(38)45(37)54(43(40)30-42(39)50)34-21-15-20-33(28-34)49-52-47(31-16-7-5-8-17-31)51-48(53-49)32-18-9-6-10-19-32/h5-30H,3-4H2,1-2H3. The van der Waals surface area contributed by atoms with Gasteiger partial charge < -0.3 is 8.98 Å². The van der Waals surface area contributed by atoms with E-state index in [0.29, 0.717) is 17.5 Å². The highest BCUT2D eigenvalue weighted by molar-refractivity contribution is 6.22. The summed E-state index contributed by atoms with van der Waals surface area (Å²) >= 11 is 0. The first-order chi connectivity index (χ1) is 27.1. The summed E-state index contributed by atoms with van der Waals surface area (Å²) in [6, 6.07) is 55.7. The van der Waals surface area contributed by atoms with Crippen molar-refractivity contribution in [3.63, 3.8) is 0 Å². The number of para-hydroxylation sites is 1. The van der Waals surface area contributed by atoms with Crippen LogP contribution >= 0.6 is 0 Å². The molecule has 0 aliphatic heterocycles. The van der Waals surface area contributed by atoms with E-state index in [1.165, 1.54) is 27.6 Å². The van der Waals surface area contributed by atoms with Gasteiger partial charge >= 0.3 is 0 Å². The van der Waals surface area contributed by atoms with Gasteiger partial charge in [-0.05, 0) is 71.5 Å². The minimum Gasteiger partial charge on any atom is -0.454 e. The smallest absolute Gasteiger partial charge is 0.164 e. The van der Waals surface area contributed by atoms with Crippen molar-refractivity contribution in [3.8, 4) is 51.0 Å². The van der Waals surface area contributed by atoms with Crippen LogP contribution in [0.25, 0.3) is 94.7 Å². The van der Waals surface area contributed by atoms with Gasteiger partial charge in [0.1, 0.15) is 5.58 Å². The van der Waals surface area contributed by atoms with E-state index < -0.39 is 0 Å². The van der Waals surface area contributed by atoms with Crippen LogP contribution in [0.4, 0.5) is 0 Å². The molecule has 0 saturated carbocycles. The van der Waals surface area contributed by atoms with Crippen LogP contribution in [-0.4, -0.2) is 19.5 Å². The van der Waals surface area contributed by atoms with Crippen molar-refractivity contribution in [2.75, 3.05) is 0 Å². The van der Waals surface area contributed by atoms with Crippen LogP contribution in [0.15, 0.2) is 162 Å². The number of benzene rings is 7. The number of nitrogens with zero attached hydrogens (tertiary/aromatic N) is 4. The predicted octanol–water partition coefficient (Wildman–Crippen LogP) is 13.0. The molecule has 1 aliphatic rings. The zero-order valence-electron chi connectivity index (χ0n) is 30.6. The Labute approximate surface area is 318 Å². The molecule has 0 bridgehead atoms. The fourth-order valence-corrected chi connectivity index (χ4v) is 9.22.